The molecule has 0 radical (unpaired) electrons. The number of aromatic nitrogens is 2. The minimum absolute atomic E-state index is 0.00317. The van der Waals surface area contributed by atoms with Gasteiger partial charge in [0.1, 0.15) is 16.5 Å². The number of thiophene rings is 1. The molecule has 0 bridgehead atoms. The topological polar surface area (TPSA) is 67.8 Å². The molecular weight excluding hydrogens is 400 g/mol. The predicted molar refractivity (Wildman–Crippen MR) is 119 cm³/mol. The third-order valence-corrected chi connectivity index (χ3v) is 6.55. The van der Waals surface area contributed by atoms with Crippen molar-refractivity contribution in [1.82, 2.24) is 14.9 Å². The predicted octanol–water partition coefficient (Wildman–Crippen LogP) is 3.54. The number of rotatable bonds is 5. The number of ether oxygens (including phenoxy) is 2. The summed E-state index contributed by atoms with van der Waals surface area (Å²) in [6.07, 6.45) is 0.993. The second-order valence-electron chi connectivity index (χ2n) is 7.23. The molecule has 0 unspecified atom stereocenters. The number of benzene rings is 1. The average Bonchev–Trinajstić information content (AvgIpc) is 3.20. The lowest BCUT2D eigenvalue weighted by molar-refractivity contribution is 0.0746. The Kier molecular flexibility index (Phi) is 5.76. The lowest BCUT2D eigenvalue weighted by atomic mass is 10.1. The van der Waals surface area contributed by atoms with Gasteiger partial charge in [-0.25, -0.2) is 9.97 Å². The highest BCUT2D eigenvalue weighted by Gasteiger charge is 2.25. The molecule has 7 nitrogen and oxygen atoms in total. The maximum atomic E-state index is 13.0. The molecule has 8 heteroatoms. The van der Waals surface area contributed by atoms with Gasteiger partial charge in [-0.05, 0) is 37.6 Å². The van der Waals surface area contributed by atoms with E-state index < -0.39 is 0 Å². The number of aryl methyl sites for hydroxylation is 2. The minimum Gasteiger partial charge on any atom is -0.493 e. The molecule has 1 aromatic carbocycles. The monoisotopic (exact) mass is 426 g/mol. The van der Waals surface area contributed by atoms with E-state index in [0.717, 1.165) is 41.4 Å². The number of methoxy groups -OCH3 is 2. The van der Waals surface area contributed by atoms with Crippen LogP contribution in [0.2, 0.25) is 0 Å². The first-order chi connectivity index (χ1) is 14.5. The average molecular weight is 427 g/mol. The number of piperazine rings is 1. The van der Waals surface area contributed by atoms with Crippen molar-refractivity contribution in [1.29, 1.82) is 0 Å². The van der Waals surface area contributed by atoms with Gasteiger partial charge in [0.2, 0.25) is 0 Å². The zero-order valence-electron chi connectivity index (χ0n) is 17.8. The van der Waals surface area contributed by atoms with E-state index in [0.29, 0.717) is 30.2 Å². The second kappa shape index (κ2) is 8.47. The van der Waals surface area contributed by atoms with Crippen LogP contribution in [0, 0.1) is 6.92 Å². The van der Waals surface area contributed by atoms with Gasteiger partial charge in [0.05, 0.1) is 19.6 Å². The fourth-order valence-electron chi connectivity index (χ4n) is 3.75. The molecule has 0 atom stereocenters. The Hall–Kier alpha value is -2.87. The molecule has 4 rings (SSSR count). The van der Waals surface area contributed by atoms with Gasteiger partial charge >= 0.3 is 0 Å². The lowest BCUT2D eigenvalue weighted by Crippen LogP contribution is -2.49. The van der Waals surface area contributed by atoms with Crippen molar-refractivity contribution < 1.29 is 14.3 Å². The lowest BCUT2D eigenvalue weighted by Gasteiger charge is -2.35. The van der Waals surface area contributed by atoms with E-state index in [1.165, 1.54) is 4.88 Å². The number of amides is 1. The molecule has 3 aromatic rings. The van der Waals surface area contributed by atoms with Crippen LogP contribution in [0.5, 0.6) is 11.5 Å². The molecule has 1 aliphatic rings. The van der Waals surface area contributed by atoms with Gasteiger partial charge in [0.15, 0.2) is 11.5 Å². The van der Waals surface area contributed by atoms with Crippen LogP contribution in [0.4, 0.5) is 5.82 Å². The van der Waals surface area contributed by atoms with E-state index in [1.807, 2.05) is 11.8 Å². The van der Waals surface area contributed by atoms with Crippen molar-refractivity contribution in [2.75, 3.05) is 45.3 Å². The second-order valence-corrected chi connectivity index (χ2v) is 8.34. The van der Waals surface area contributed by atoms with Crippen LogP contribution in [0.3, 0.4) is 0 Å². The van der Waals surface area contributed by atoms with Gasteiger partial charge < -0.3 is 19.3 Å². The Labute approximate surface area is 180 Å². The van der Waals surface area contributed by atoms with E-state index in [2.05, 4.69) is 22.9 Å². The molecule has 0 saturated carbocycles. The third-order valence-electron chi connectivity index (χ3n) is 5.38. The maximum absolute atomic E-state index is 13.0. The van der Waals surface area contributed by atoms with E-state index in [9.17, 15) is 4.79 Å². The molecule has 0 N–H and O–H groups in total. The third kappa shape index (κ3) is 3.79. The van der Waals surface area contributed by atoms with E-state index in [4.69, 9.17) is 14.5 Å². The Morgan fingerprint density at radius 3 is 2.47 bits per heavy atom. The number of hydrogen-bond donors (Lipinski definition) is 0. The van der Waals surface area contributed by atoms with Crippen LogP contribution in [0.25, 0.3) is 10.2 Å². The van der Waals surface area contributed by atoms with Gasteiger partial charge in [0.25, 0.3) is 5.91 Å². The summed E-state index contributed by atoms with van der Waals surface area (Å²) in [5.41, 5.74) is 0.604. The van der Waals surface area contributed by atoms with Crippen LogP contribution >= 0.6 is 11.3 Å². The van der Waals surface area contributed by atoms with Crippen molar-refractivity contribution in [3.63, 3.8) is 0 Å². The summed E-state index contributed by atoms with van der Waals surface area (Å²) >= 11 is 1.73. The Morgan fingerprint density at radius 1 is 1.07 bits per heavy atom. The summed E-state index contributed by atoms with van der Waals surface area (Å²) in [5, 5.41) is 1.11. The fraction of sp³-hybridized carbons (Fsp3) is 0.409. The highest BCUT2D eigenvalue weighted by Crippen LogP contribution is 2.32. The number of fused-ring (bicyclic) bond motifs is 1. The number of carbonyl (C=O) groups is 1. The first kappa shape index (κ1) is 20.4. The summed E-state index contributed by atoms with van der Waals surface area (Å²) in [6.45, 7) is 6.85. The molecule has 0 spiro atoms. The van der Waals surface area contributed by atoms with Gasteiger partial charge in [-0.15, -0.1) is 11.3 Å². The van der Waals surface area contributed by atoms with Crippen molar-refractivity contribution in [2.24, 2.45) is 0 Å². The number of nitrogens with zero attached hydrogens (tertiary/aromatic N) is 4. The minimum atomic E-state index is 0.00317. The van der Waals surface area contributed by atoms with Crippen molar-refractivity contribution in [3.05, 3.63) is 40.5 Å². The van der Waals surface area contributed by atoms with Crippen LogP contribution in [0.15, 0.2) is 24.3 Å². The number of hydrogen-bond acceptors (Lipinski definition) is 7. The number of anilines is 1. The van der Waals surface area contributed by atoms with Gasteiger partial charge in [-0.1, -0.05) is 6.92 Å². The Morgan fingerprint density at radius 2 is 1.80 bits per heavy atom. The molecule has 1 aliphatic heterocycles. The summed E-state index contributed by atoms with van der Waals surface area (Å²) in [6, 6.07) is 7.49. The molecule has 1 saturated heterocycles. The molecule has 158 valence electrons. The van der Waals surface area contributed by atoms with E-state index in [-0.39, 0.29) is 5.91 Å². The smallest absolute Gasteiger partial charge is 0.254 e. The molecule has 3 heterocycles. The Balaban J connectivity index is 1.51. The van der Waals surface area contributed by atoms with Gasteiger partial charge in [-0.3, -0.25) is 4.79 Å². The highest BCUT2D eigenvalue weighted by atomic mass is 32.1. The largest absolute Gasteiger partial charge is 0.493 e. The van der Waals surface area contributed by atoms with Gasteiger partial charge in [-0.2, -0.15) is 0 Å². The van der Waals surface area contributed by atoms with Crippen LogP contribution in [-0.4, -0.2) is 61.2 Å². The zero-order chi connectivity index (χ0) is 21.3. The first-order valence-electron chi connectivity index (χ1n) is 10.1. The molecule has 2 aromatic heterocycles. The molecule has 1 fully saturated rings. The SMILES string of the molecule is CCc1cc2c(N3CCN(C(=O)c4ccc(OC)c(OC)c4)CC3)nc(C)nc2s1. The van der Waals surface area contributed by atoms with Crippen LogP contribution in [0.1, 0.15) is 28.0 Å². The number of carbonyl (C=O) groups excluding carboxylic acids is 1. The zero-order valence-corrected chi connectivity index (χ0v) is 18.6. The van der Waals surface area contributed by atoms with E-state index in [1.54, 1.807) is 43.8 Å². The van der Waals surface area contributed by atoms with Crippen molar-refractivity contribution >= 4 is 33.3 Å². The maximum Gasteiger partial charge on any atom is 0.254 e. The standard InChI is InChI=1S/C22H26N4O3S/c1-5-16-13-17-20(23-14(2)24-21(17)30-16)25-8-10-26(11-9-25)22(27)15-6-7-18(28-3)19(12-15)29-4/h6-7,12-13H,5,8-11H2,1-4H3. The molecule has 0 aliphatic carbocycles. The van der Waals surface area contributed by atoms with Crippen LogP contribution in [-0.2, 0) is 6.42 Å². The summed E-state index contributed by atoms with van der Waals surface area (Å²) in [4.78, 5) is 28.8. The van der Waals surface area contributed by atoms with Crippen molar-refractivity contribution in [2.45, 2.75) is 20.3 Å². The quantitative estimate of drug-likeness (QED) is 0.622. The Bertz CT molecular complexity index is 1070. The highest BCUT2D eigenvalue weighted by molar-refractivity contribution is 7.18. The van der Waals surface area contributed by atoms with Crippen LogP contribution < -0.4 is 14.4 Å². The normalized spacial score (nSPS) is 14.3. The molecule has 1 amide bonds. The summed E-state index contributed by atoms with van der Waals surface area (Å²) in [5.74, 6) is 2.94. The molecular formula is C22H26N4O3S. The first-order valence-corrected chi connectivity index (χ1v) is 10.9. The summed E-state index contributed by atoms with van der Waals surface area (Å²) in [7, 11) is 3.16. The van der Waals surface area contributed by atoms with Gasteiger partial charge in [0, 0.05) is 36.6 Å². The fourth-order valence-corrected chi connectivity index (χ4v) is 4.76. The van der Waals surface area contributed by atoms with E-state index >= 15 is 0 Å². The molecule has 30 heavy (non-hydrogen) atoms. The van der Waals surface area contributed by atoms with Crippen molar-refractivity contribution in [3.8, 4) is 11.5 Å². The summed E-state index contributed by atoms with van der Waals surface area (Å²) < 4.78 is 10.6.